The summed E-state index contributed by atoms with van der Waals surface area (Å²) in [5, 5.41) is 2.79. The van der Waals surface area contributed by atoms with Crippen molar-refractivity contribution in [3.05, 3.63) is 12.5 Å². The molecule has 0 amide bonds. The average Bonchev–Trinajstić information content (AvgIpc) is 2.35. The molecule has 0 atom stereocenters. The van der Waals surface area contributed by atoms with Gasteiger partial charge >= 0.3 is 0 Å². The van der Waals surface area contributed by atoms with E-state index in [4.69, 9.17) is 5.73 Å². The fourth-order valence-electron chi connectivity index (χ4n) is 0.722. The van der Waals surface area contributed by atoms with E-state index in [0.717, 1.165) is 0 Å². The first kappa shape index (κ1) is 4.37. The van der Waals surface area contributed by atoms with Gasteiger partial charge < -0.3 is 5.73 Å². The molecule has 46 valence electrons. The van der Waals surface area contributed by atoms with Crippen molar-refractivity contribution in [2.24, 2.45) is 0 Å². The Morgan fingerprint density at radius 1 is 1.56 bits per heavy atom. The number of hydrogen-bond donors (Lipinski definition) is 2. The number of aromatic amines is 1. The number of H-pyrrole nitrogens is 1. The first-order valence-electron chi connectivity index (χ1n) is 2.50. The van der Waals surface area contributed by atoms with Crippen LogP contribution in [0.5, 0.6) is 0 Å². The zero-order valence-electron chi connectivity index (χ0n) is 4.57. The fourth-order valence-corrected chi connectivity index (χ4v) is 0.722. The lowest BCUT2D eigenvalue weighted by atomic mass is 10.8. The van der Waals surface area contributed by atoms with E-state index in [9.17, 15) is 0 Å². The minimum absolute atomic E-state index is 0.572. The van der Waals surface area contributed by atoms with E-state index in [2.05, 4.69) is 15.1 Å². The normalized spacial score (nSPS) is 10.7. The highest BCUT2D eigenvalue weighted by molar-refractivity contribution is 5.39. The molecule has 0 fully saturated rings. The topological polar surface area (TPSA) is 72.0 Å². The molecule has 2 aromatic rings. The summed E-state index contributed by atoms with van der Waals surface area (Å²) in [7, 11) is 0. The van der Waals surface area contributed by atoms with Crippen molar-refractivity contribution in [1.29, 1.82) is 0 Å². The van der Waals surface area contributed by atoms with Crippen LogP contribution in [0.25, 0.3) is 5.78 Å². The Hall–Kier alpha value is -1.52. The Morgan fingerprint density at radius 2 is 2.44 bits per heavy atom. The first-order valence-corrected chi connectivity index (χ1v) is 2.50. The number of nitrogen functional groups attached to an aromatic ring is 1. The summed E-state index contributed by atoms with van der Waals surface area (Å²) in [6.07, 6.45) is 3.09. The molecule has 0 spiro atoms. The molecule has 0 aliphatic rings. The Kier molecular flexibility index (Phi) is 0.606. The van der Waals surface area contributed by atoms with E-state index in [1.807, 2.05) is 0 Å². The van der Waals surface area contributed by atoms with E-state index in [0.29, 0.717) is 11.6 Å². The second kappa shape index (κ2) is 1.25. The minimum atomic E-state index is 0.572. The molecule has 0 aliphatic carbocycles. The molecular weight excluding hydrogens is 118 g/mol. The van der Waals surface area contributed by atoms with Gasteiger partial charge in [-0.2, -0.15) is 0 Å². The second-order valence-corrected chi connectivity index (χ2v) is 1.71. The summed E-state index contributed by atoms with van der Waals surface area (Å²) in [4.78, 5) is 7.73. The fraction of sp³-hybridized carbons (Fsp3) is 0. The molecule has 0 saturated heterocycles. The lowest BCUT2D eigenvalue weighted by molar-refractivity contribution is 0.984. The van der Waals surface area contributed by atoms with Crippen LogP contribution < -0.4 is 5.73 Å². The van der Waals surface area contributed by atoms with Gasteiger partial charge in [0.2, 0.25) is 0 Å². The largest absolute Gasteiger partial charge is 0.382 e. The number of hydrogen-bond acceptors (Lipinski definition) is 3. The van der Waals surface area contributed by atoms with Gasteiger partial charge in [0.1, 0.15) is 12.1 Å². The third-order valence-corrected chi connectivity index (χ3v) is 1.14. The van der Waals surface area contributed by atoms with E-state index in [1.165, 1.54) is 0 Å². The van der Waals surface area contributed by atoms with E-state index in [-0.39, 0.29) is 0 Å². The SMILES string of the molecule is Nc1cnc2nc[nH]n12. The van der Waals surface area contributed by atoms with Crippen molar-refractivity contribution in [1.82, 2.24) is 19.6 Å². The highest BCUT2D eigenvalue weighted by atomic mass is 15.3. The van der Waals surface area contributed by atoms with Crippen LogP contribution in [0.1, 0.15) is 0 Å². The summed E-state index contributed by atoms with van der Waals surface area (Å²) in [5.74, 6) is 1.18. The number of imidazole rings is 1. The molecule has 5 nitrogen and oxygen atoms in total. The number of anilines is 1. The van der Waals surface area contributed by atoms with Crippen LogP contribution in [0.15, 0.2) is 12.5 Å². The number of nitrogens with two attached hydrogens (primary N) is 1. The van der Waals surface area contributed by atoms with Crippen molar-refractivity contribution >= 4 is 11.6 Å². The monoisotopic (exact) mass is 123 g/mol. The Bertz CT molecular complexity index is 318. The summed E-state index contributed by atoms with van der Waals surface area (Å²) in [6, 6.07) is 0. The van der Waals surface area contributed by atoms with Crippen molar-refractivity contribution in [3.8, 4) is 0 Å². The van der Waals surface area contributed by atoms with Crippen LogP contribution in [0, 0.1) is 0 Å². The lowest BCUT2D eigenvalue weighted by Gasteiger charge is -1.82. The number of nitrogens with zero attached hydrogens (tertiary/aromatic N) is 3. The highest BCUT2D eigenvalue weighted by Gasteiger charge is 1.97. The van der Waals surface area contributed by atoms with Gasteiger partial charge in [-0.15, -0.1) is 0 Å². The van der Waals surface area contributed by atoms with Gasteiger partial charge in [-0.05, 0) is 0 Å². The van der Waals surface area contributed by atoms with E-state index < -0.39 is 0 Å². The summed E-state index contributed by atoms with van der Waals surface area (Å²) in [6.45, 7) is 0. The zero-order chi connectivity index (χ0) is 6.27. The third-order valence-electron chi connectivity index (χ3n) is 1.14. The molecule has 0 radical (unpaired) electrons. The zero-order valence-corrected chi connectivity index (χ0v) is 4.57. The van der Waals surface area contributed by atoms with Gasteiger partial charge in [0.05, 0.1) is 6.20 Å². The van der Waals surface area contributed by atoms with Gasteiger partial charge in [-0.3, -0.25) is 5.10 Å². The molecule has 5 heteroatoms. The predicted octanol–water partition coefficient (Wildman–Crippen LogP) is -0.360. The first-order chi connectivity index (χ1) is 4.38. The summed E-state index contributed by atoms with van der Waals surface area (Å²) in [5.41, 5.74) is 5.45. The molecule has 2 aromatic heterocycles. The van der Waals surface area contributed by atoms with Crippen LogP contribution in [0.3, 0.4) is 0 Å². The van der Waals surface area contributed by atoms with Crippen LogP contribution in [0.2, 0.25) is 0 Å². The molecule has 3 N–H and O–H groups in total. The number of aromatic nitrogens is 4. The maximum Gasteiger partial charge on any atom is 0.252 e. The number of fused-ring (bicyclic) bond motifs is 1. The standard InChI is InChI=1S/C4H5N5/c5-3-1-6-4-7-2-8-9(3)4/h1-2H,5H2,(H,6,7,8). The molecule has 2 heterocycles. The van der Waals surface area contributed by atoms with Crippen LogP contribution >= 0.6 is 0 Å². The molecule has 9 heavy (non-hydrogen) atoms. The maximum atomic E-state index is 5.45. The Balaban J connectivity index is 2.99. The summed E-state index contributed by atoms with van der Waals surface area (Å²) >= 11 is 0. The quantitative estimate of drug-likeness (QED) is 0.502. The molecule has 0 saturated carbocycles. The molecule has 0 unspecified atom stereocenters. The van der Waals surface area contributed by atoms with Crippen molar-refractivity contribution < 1.29 is 0 Å². The van der Waals surface area contributed by atoms with Gasteiger partial charge in [0.15, 0.2) is 0 Å². The van der Waals surface area contributed by atoms with Crippen LogP contribution in [0.4, 0.5) is 5.82 Å². The lowest BCUT2D eigenvalue weighted by Crippen LogP contribution is -1.90. The number of nitrogens with one attached hydrogen (secondary N) is 1. The second-order valence-electron chi connectivity index (χ2n) is 1.71. The third kappa shape index (κ3) is 0.426. The Labute approximate surface area is 50.5 Å². The molecule has 0 bridgehead atoms. The van der Waals surface area contributed by atoms with E-state index in [1.54, 1.807) is 17.0 Å². The molecular formula is C4H5N5. The number of rotatable bonds is 0. The van der Waals surface area contributed by atoms with Crippen molar-refractivity contribution in [2.45, 2.75) is 0 Å². The van der Waals surface area contributed by atoms with Gasteiger partial charge in [0.25, 0.3) is 5.78 Å². The van der Waals surface area contributed by atoms with E-state index >= 15 is 0 Å². The van der Waals surface area contributed by atoms with Crippen molar-refractivity contribution in [2.75, 3.05) is 5.73 Å². The smallest absolute Gasteiger partial charge is 0.252 e. The van der Waals surface area contributed by atoms with Gasteiger partial charge in [-0.1, -0.05) is 0 Å². The van der Waals surface area contributed by atoms with Crippen LogP contribution in [-0.4, -0.2) is 19.6 Å². The molecule has 2 rings (SSSR count). The van der Waals surface area contributed by atoms with Crippen LogP contribution in [-0.2, 0) is 0 Å². The van der Waals surface area contributed by atoms with Crippen molar-refractivity contribution in [3.63, 3.8) is 0 Å². The highest BCUT2D eigenvalue weighted by Crippen LogP contribution is 2.00. The molecule has 0 aromatic carbocycles. The summed E-state index contributed by atoms with van der Waals surface area (Å²) < 4.78 is 1.60. The maximum absolute atomic E-state index is 5.45. The van der Waals surface area contributed by atoms with Gasteiger partial charge in [-0.25, -0.2) is 14.5 Å². The van der Waals surface area contributed by atoms with Gasteiger partial charge in [0, 0.05) is 0 Å². The Morgan fingerprint density at radius 3 is 3.22 bits per heavy atom. The minimum Gasteiger partial charge on any atom is -0.382 e. The predicted molar refractivity (Wildman–Crippen MR) is 31.8 cm³/mol. The molecule has 0 aliphatic heterocycles. The average molecular weight is 123 g/mol.